The summed E-state index contributed by atoms with van der Waals surface area (Å²) in [4.78, 5) is 0. The van der Waals surface area contributed by atoms with E-state index in [2.05, 4.69) is 10.2 Å². The first-order valence-corrected chi connectivity index (χ1v) is 4.90. The highest BCUT2D eigenvalue weighted by molar-refractivity contribution is 5.16. The lowest BCUT2D eigenvalue weighted by atomic mass is 10.2. The third-order valence-corrected chi connectivity index (χ3v) is 2.28. The van der Waals surface area contributed by atoms with Gasteiger partial charge in [-0.3, -0.25) is 0 Å². The van der Waals surface area contributed by atoms with Gasteiger partial charge in [0.25, 0.3) is 0 Å². The Morgan fingerprint density at radius 1 is 1.27 bits per heavy atom. The van der Waals surface area contributed by atoms with Gasteiger partial charge in [-0.2, -0.15) is 0 Å². The van der Waals surface area contributed by atoms with Crippen molar-refractivity contribution in [3.63, 3.8) is 0 Å². The molecule has 2 aromatic rings. The van der Waals surface area contributed by atoms with Gasteiger partial charge in [0.1, 0.15) is 18.0 Å². The highest BCUT2D eigenvalue weighted by Crippen LogP contribution is 2.06. The zero-order valence-corrected chi connectivity index (χ0v) is 8.52. The Morgan fingerprint density at radius 2 is 2.00 bits per heavy atom. The Balaban J connectivity index is 2.18. The van der Waals surface area contributed by atoms with E-state index in [4.69, 9.17) is 0 Å². The molecule has 1 aromatic carbocycles. The minimum Gasteiger partial charge on any atom is -0.313 e. The molecule has 0 unspecified atom stereocenters. The van der Waals surface area contributed by atoms with Crippen LogP contribution in [0.4, 0.5) is 4.39 Å². The van der Waals surface area contributed by atoms with Crippen LogP contribution in [0.25, 0.3) is 0 Å². The van der Waals surface area contributed by atoms with Gasteiger partial charge >= 0.3 is 0 Å². The van der Waals surface area contributed by atoms with Gasteiger partial charge in [0.05, 0.1) is 6.54 Å². The molecule has 0 radical (unpaired) electrons. The second-order valence-corrected chi connectivity index (χ2v) is 3.36. The minimum atomic E-state index is -0.210. The Bertz CT molecular complexity index is 433. The summed E-state index contributed by atoms with van der Waals surface area (Å²) in [5.74, 6) is 0.734. The van der Waals surface area contributed by atoms with Crippen LogP contribution in [0.15, 0.2) is 30.6 Å². The molecule has 0 amide bonds. The molecule has 0 fully saturated rings. The van der Waals surface area contributed by atoms with Crippen molar-refractivity contribution < 1.29 is 4.39 Å². The van der Waals surface area contributed by atoms with Gasteiger partial charge in [-0.25, -0.2) is 4.39 Å². The molecule has 15 heavy (non-hydrogen) atoms. The normalized spacial score (nSPS) is 10.5. The standard InChI is InChI=1S/C11H12FN3/c1-2-11-14-13-8-15(11)7-9-3-5-10(12)6-4-9/h3-6,8H,2,7H2,1H3. The maximum absolute atomic E-state index is 12.7. The van der Waals surface area contributed by atoms with E-state index in [9.17, 15) is 4.39 Å². The van der Waals surface area contributed by atoms with Crippen molar-refractivity contribution in [1.82, 2.24) is 14.8 Å². The summed E-state index contributed by atoms with van der Waals surface area (Å²) < 4.78 is 14.6. The number of hydrogen-bond donors (Lipinski definition) is 0. The number of halogens is 1. The first-order valence-electron chi connectivity index (χ1n) is 4.90. The molecule has 1 aromatic heterocycles. The third-order valence-electron chi connectivity index (χ3n) is 2.28. The van der Waals surface area contributed by atoms with Gasteiger partial charge < -0.3 is 4.57 Å². The van der Waals surface area contributed by atoms with Crippen LogP contribution in [0, 0.1) is 5.82 Å². The smallest absolute Gasteiger partial charge is 0.132 e. The van der Waals surface area contributed by atoms with E-state index in [1.165, 1.54) is 12.1 Å². The summed E-state index contributed by atoms with van der Waals surface area (Å²) in [6.45, 7) is 2.72. The summed E-state index contributed by atoms with van der Waals surface area (Å²) in [5, 5.41) is 7.83. The summed E-state index contributed by atoms with van der Waals surface area (Å²) in [5.41, 5.74) is 1.05. The zero-order valence-electron chi connectivity index (χ0n) is 8.52. The minimum absolute atomic E-state index is 0.210. The monoisotopic (exact) mass is 205 g/mol. The molecule has 0 saturated heterocycles. The second-order valence-electron chi connectivity index (χ2n) is 3.36. The lowest BCUT2D eigenvalue weighted by molar-refractivity contribution is 0.626. The second kappa shape index (κ2) is 4.21. The van der Waals surface area contributed by atoms with Gasteiger partial charge in [0.15, 0.2) is 0 Å². The van der Waals surface area contributed by atoms with Crippen LogP contribution in [0.3, 0.4) is 0 Å². The molecule has 0 atom stereocenters. The highest BCUT2D eigenvalue weighted by Gasteiger charge is 2.02. The molecule has 0 aliphatic heterocycles. The number of benzene rings is 1. The SMILES string of the molecule is CCc1nncn1Cc1ccc(F)cc1. The maximum atomic E-state index is 12.7. The van der Waals surface area contributed by atoms with E-state index in [1.807, 2.05) is 11.5 Å². The van der Waals surface area contributed by atoms with Gasteiger partial charge in [0.2, 0.25) is 0 Å². The molecule has 0 bridgehead atoms. The molecule has 0 N–H and O–H groups in total. The topological polar surface area (TPSA) is 30.7 Å². The molecule has 2 rings (SSSR count). The Kier molecular flexibility index (Phi) is 2.76. The first kappa shape index (κ1) is 9.83. The average Bonchev–Trinajstić information content (AvgIpc) is 2.69. The number of aromatic nitrogens is 3. The average molecular weight is 205 g/mol. The van der Waals surface area contributed by atoms with Crippen LogP contribution in [-0.4, -0.2) is 14.8 Å². The molecule has 78 valence electrons. The Labute approximate surface area is 87.6 Å². The quantitative estimate of drug-likeness (QED) is 0.767. The molecule has 1 heterocycles. The lowest BCUT2D eigenvalue weighted by Gasteiger charge is -2.04. The van der Waals surface area contributed by atoms with E-state index in [0.717, 1.165) is 17.8 Å². The van der Waals surface area contributed by atoms with Crippen molar-refractivity contribution >= 4 is 0 Å². The number of rotatable bonds is 3. The van der Waals surface area contributed by atoms with Gasteiger partial charge in [-0.05, 0) is 17.7 Å². The van der Waals surface area contributed by atoms with E-state index in [1.54, 1.807) is 18.5 Å². The van der Waals surface area contributed by atoms with Gasteiger partial charge in [0, 0.05) is 6.42 Å². The summed E-state index contributed by atoms with van der Waals surface area (Å²) in [6, 6.07) is 6.47. The fourth-order valence-electron chi connectivity index (χ4n) is 1.47. The van der Waals surface area contributed by atoms with Gasteiger partial charge in [-0.1, -0.05) is 19.1 Å². The molecule has 4 heteroatoms. The predicted molar refractivity (Wildman–Crippen MR) is 54.9 cm³/mol. The van der Waals surface area contributed by atoms with Crippen LogP contribution < -0.4 is 0 Å². The van der Waals surface area contributed by atoms with Crippen molar-refractivity contribution in [2.45, 2.75) is 19.9 Å². The largest absolute Gasteiger partial charge is 0.313 e. The number of nitrogens with zero attached hydrogens (tertiary/aromatic N) is 3. The fourth-order valence-corrected chi connectivity index (χ4v) is 1.47. The first-order chi connectivity index (χ1) is 7.29. The van der Waals surface area contributed by atoms with Crippen LogP contribution in [0.1, 0.15) is 18.3 Å². The summed E-state index contributed by atoms with van der Waals surface area (Å²) in [7, 11) is 0. The summed E-state index contributed by atoms with van der Waals surface area (Å²) >= 11 is 0. The van der Waals surface area contributed by atoms with Crippen LogP contribution in [0.2, 0.25) is 0 Å². The predicted octanol–water partition coefficient (Wildman–Crippen LogP) is 2.03. The highest BCUT2D eigenvalue weighted by atomic mass is 19.1. The van der Waals surface area contributed by atoms with E-state index in [0.29, 0.717) is 6.54 Å². The number of hydrogen-bond acceptors (Lipinski definition) is 2. The van der Waals surface area contributed by atoms with Gasteiger partial charge in [-0.15, -0.1) is 10.2 Å². The van der Waals surface area contributed by atoms with Crippen LogP contribution in [-0.2, 0) is 13.0 Å². The molecular formula is C11H12FN3. The number of aryl methyl sites for hydroxylation is 1. The van der Waals surface area contributed by atoms with Crippen LogP contribution in [0.5, 0.6) is 0 Å². The van der Waals surface area contributed by atoms with Crippen molar-refractivity contribution in [2.24, 2.45) is 0 Å². The molecule has 0 aliphatic rings. The molecule has 0 saturated carbocycles. The molecule has 0 aliphatic carbocycles. The zero-order chi connectivity index (χ0) is 10.7. The molecule has 0 spiro atoms. The van der Waals surface area contributed by atoms with Crippen molar-refractivity contribution in [3.05, 3.63) is 47.8 Å². The Morgan fingerprint density at radius 3 is 2.67 bits per heavy atom. The maximum Gasteiger partial charge on any atom is 0.132 e. The van der Waals surface area contributed by atoms with Crippen molar-refractivity contribution in [1.29, 1.82) is 0 Å². The lowest BCUT2D eigenvalue weighted by Crippen LogP contribution is -2.03. The fraction of sp³-hybridized carbons (Fsp3) is 0.273. The third kappa shape index (κ3) is 2.21. The Hall–Kier alpha value is -1.71. The molecule has 3 nitrogen and oxygen atoms in total. The van der Waals surface area contributed by atoms with E-state index >= 15 is 0 Å². The van der Waals surface area contributed by atoms with E-state index < -0.39 is 0 Å². The van der Waals surface area contributed by atoms with E-state index in [-0.39, 0.29) is 5.82 Å². The van der Waals surface area contributed by atoms with Crippen molar-refractivity contribution in [2.75, 3.05) is 0 Å². The van der Waals surface area contributed by atoms with Crippen LogP contribution >= 0.6 is 0 Å². The molecular weight excluding hydrogens is 193 g/mol. The summed E-state index contributed by atoms with van der Waals surface area (Å²) in [6.07, 6.45) is 2.55. The van der Waals surface area contributed by atoms with Crippen molar-refractivity contribution in [3.8, 4) is 0 Å².